The van der Waals surface area contributed by atoms with E-state index in [9.17, 15) is 22.8 Å². The molecular formula is C34H43N5O8S. The number of carbonyl (C=O) groups is 3. The van der Waals surface area contributed by atoms with Crippen molar-refractivity contribution in [3.63, 3.8) is 0 Å². The minimum absolute atomic E-state index is 0.0771. The number of nitrogens with one attached hydrogen (secondary N) is 3. The van der Waals surface area contributed by atoms with Gasteiger partial charge in [0.25, 0.3) is 5.91 Å². The number of allylic oxidation sites excluding steroid dienone is 1. The second-order valence-corrected chi connectivity index (χ2v) is 14.8. The van der Waals surface area contributed by atoms with E-state index >= 15 is 0 Å². The van der Waals surface area contributed by atoms with Crippen molar-refractivity contribution in [3.05, 3.63) is 78.2 Å². The molecule has 2 heterocycles. The summed E-state index contributed by atoms with van der Waals surface area (Å²) in [6, 6.07) is 10.2. The maximum absolute atomic E-state index is 14.0. The molecule has 14 heteroatoms. The van der Waals surface area contributed by atoms with Gasteiger partial charge in [-0.05, 0) is 76.9 Å². The van der Waals surface area contributed by atoms with Crippen LogP contribution in [0.2, 0.25) is 0 Å². The smallest absolute Gasteiger partial charge is 0.407 e. The van der Waals surface area contributed by atoms with Gasteiger partial charge in [0.1, 0.15) is 16.2 Å². The monoisotopic (exact) mass is 681 g/mol. The number of fused-ring (bicyclic) bond motifs is 1. The summed E-state index contributed by atoms with van der Waals surface area (Å²) in [5.74, 6) is -0.398. The van der Waals surface area contributed by atoms with E-state index in [-0.39, 0.29) is 44.1 Å². The van der Waals surface area contributed by atoms with Gasteiger partial charge in [-0.25, -0.2) is 22.2 Å². The Hall–Kier alpha value is -4.53. The quantitative estimate of drug-likeness (QED) is 0.205. The summed E-state index contributed by atoms with van der Waals surface area (Å²) in [4.78, 5) is 41.5. The molecule has 1 aliphatic rings. The van der Waals surface area contributed by atoms with Crippen molar-refractivity contribution < 1.29 is 37.0 Å². The Morgan fingerprint density at radius 1 is 1.00 bits per heavy atom. The molecule has 13 nitrogen and oxygen atoms in total. The summed E-state index contributed by atoms with van der Waals surface area (Å²) >= 11 is 0. The van der Waals surface area contributed by atoms with Gasteiger partial charge in [-0.2, -0.15) is 0 Å². The third kappa shape index (κ3) is 9.52. The molecule has 2 aromatic heterocycles. The van der Waals surface area contributed by atoms with E-state index in [1.54, 1.807) is 76.4 Å². The summed E-state index contributed by atoms with van der Waals surface area (Å²) in [6.07, 6.45) is 7.56. The van der Waals surface area contributed by atoms with Crippen LogP contribution >= 0.6 is 0 Å². The zero-order valence-electron chi connectivity index (χ0n) is 27.9. The van der Waals surface area contributed by atoms with Crippen molar-refractivity contribution in [2.24, 2.45) is 0 Å². The van der Waals surface area contributed by atoms with Crippen molar-refractivity contribution >= 4 is 50.3 Å². The van der Waals surface area contributed by atoms with Crippen LogP contribution in [0.25, 0.3) is 10.9 Å². The number of pyridine rings is 1. The minimum Gasteiger partial charge on any atom is -0.444 e. The molecule has 3 amide bonds. The van der Waals surface area contributed by atoms with Gasteiger partial charge >= 0.3 is 6.09 Å². The maximum Gasteiger partial charge on any atom is 0.407 e. The molecule has 3 aromatic rings. The second kappa shape index (κ2) is 15.6. The highest BCUT2D eigenvalue weighted by molar-refractivity contribution is 7.91. The van der Waals surface area contributed by atoms with Crippen molar-refractivity contribution in [1.82, 2.24) is 14.3 Å². The van der Waals surface area contributed by atoms with E-state index in [4.69, 9.17) is 14.2 Å². The lowest BCUT2D eigenvalue weighted by Gasteiger charge is -2.29. The molecule has 258 valence electrons. The molecule has 0 fully saturated rings. The summed E-state index contributed by atoms with van der Waals surface area (Å²) in [7, 11) is -4.05. The minimum atomic E-state index is -4.05. The third-order valence-corrected chi connectivity index (χ3v) is 9.58. The van der Waals surface area contributed by atoms with Crippen molar-refractivity contribution in [1.29, 1.82) is 0 Å². The first-order valence-electron chi connectivity index (χ1n) is 15.6. The van der Waals surface area contributed by atoms with Crippen molar-refractivity contribution in [2.75, 3.05) is 43.6 Å². The van der Waals surface area contributed by atoms with Gasteiger partial charge in [-0.15, -0.1) is 0 Å². The number of hydrogen-bond donors (Lipinski definition) is 3. The number of rotatable bonds is 14. The molecule has 0 aliphatic heterocycles. The predicted molar refractivity (Wildman–Crippen MR) is 183 cm³/mol. The molecule has 0 bridgehead atoms. The highest BCUT2D eigenvalue weighted by Crippen LogP contribution is 2.35. The number of alkyl carbamates (subject to hydrolysis) is 1. The topological polar surface area (TPSA) is 167 Å². The van der Waals surface area contributed by atoms with Crippen LogP contribution in [0.4, 0.5) is 16.3 Å². The van der Waals surface area contributed by atoms with Gasteiger partial charge in [0, 0.05) is 29.9 Å². The largest absolute Gasteiger partial charge is 0.444 e. The molecule has 0 saturated carbocycles. The van der Waals surface area contributed by atoms with Gasteiger partial charge in [0.05, 0.1) is 44.1 Å². The normalized spacial score (nSPS) is 16.3. The van der Waals surface area contributed by atoms with Crippen LogP contribution < -0.4 is 16.0 Å². The van der Waals surface area contributed by atoms with Crippen LogP contribution in [0.3, 0.4) is 0 Å². The number of aryl methyl sites for hydroxylation is 1. The molecule has 0 radical (unpaired) electrons. The SMILES string of the molecule is Cc1ccc(NC(=O)C2=CC(C)(S(=O)(=O)n3ccc4c(NC(=O)CCOCCOCCNC(=O)OC(C)(C)C)cccc43)CC=C2)nc1. The fourth-order valence-corrected chi connectivity index (χ4v) is 6.50. The molecule has 0 spiro atoms. The summed E-state index contributed by atoms with van der Waals surface area (Å²) in [5, 5.41) is 8.70. The zero-order valence-corrected chi connectivity index (χ0v) is 28.7. The van der Waals surface area contributed by atoms with Gasteiger partial charge in [-0.3, -0.25) is 9.59 Å². The first-order valence-corrected chi connectivity index (χ1v) is 17.0. The average molecular weight is 682 g/mol. The Bertz CT molecular complexity index is 1790. The number of hydrogen-bond acceptors (Lipinski definition) is 9. The third-order valence-electron chi connectivity index (χ3n) is 7.28. The predicted octanol–water partition coefficient (Wildman–Crippen LogP) is 4.69. The Balaban J connectivity index is 1.30. The van der Waals surface area contributed by atoms with Crippen LogP contribution in [-0.2, 0) is 33.8 Å². The van der Waals surface area contributed by atoms with Crippen molar-refractivity contribution in [3.8, 4) is 0 Å². The van der Waals surface area contributed by atoms with Gasteiger partial charge in [0.2, 0.25) is 15.9 Å². The molecule has 48 heavy (non-hydrogen) atoms. The lowest BCUT2D eigenvalue weighted by molar-refractivity contribution is -0.117. The van der Waals surface area contributed by atoms with Crippen LogP contribution in [0, 0.1) is 6.92 Å². The molecule has 1 unspecified atom stereocenters. The number of benzene rings is 1. The second-order valence-electron chi connectivity index (χ2n) is 12.5. The van der Waals surface area contributed by atoms with Crippen molar-refractivity contribution in [2.45, 2.75) is 57.8 Å². The van der Waals surface area contributed by atoms with E-state index < -0.39 is 32.4 Å². The molecule has 0 saturated heterocycles. The lowest BCUT2D eigenvalue weighted by Crippen LogP contribution is -2.39. The van der Waals surface area contributed by atoms with Gasteiger partial charge < -0.3 is 30.2 Å². The van der Waals surface area contributed by atoms with Crippen LogP contribution in [0.15, 0.2) is 72.6 Å². The Kier molecular flexibility index (Phi) is 11.8. The Morgan fingerprint density at radius 3 is 2.46 bits per heavy atom. The highest BCUT2D eigenvalue weighted by Gasteiger charge is 2.40. The molecule has 4 rings (SSSR count). The first kappa shape index (κ1) is 36.3. The molecule has 3 N–H and O–H groups in total. The van der Waals surface area contributed by atoms with Crippen LogP contribution in [-0.4, -0.2) is 78.6 Å². The zero-order chi connectivity index (χ0) is 35.0. The van der Waals surface area contributed by atoms with E-state index in [0.29, 0.717) is 35.6 Å². The molecule has 1 atom stereocenters. The summed E-state index contributed by atoms with van der Waals surface area (Å²) < 4.78 is 43.9. The number of aromatic nitrogens is 2. The van der Waals surface area contributed by atoms with E-state index in [2.05, 4.69) is 20.9 Å². The Morgan fingerprint density at radius 2 is 1.75 bits per heavy atom. The van der Waals surface area contributed by atoms with Gasteiger partial charge in [0.15, 0.2) is 0 Å². The summed E-state index contributed by atoms with van der Waals surface area (Å²) in [5.41, 5.74) is 1.44. The Labute approximate surface area is 280 Å². The fourth-order valence-electron chi connectivity index (χ4n) is 4.83. The van der Waals surface area contributed by atoms with Crippen LogP contribution in [0.5, 0.6) is 0 Å². The average Bonchev–Trinajstić information content (AvgIpc) is 3.46. The molecule has 1 aromatic carbocycles. The van der Waals surface area contributed by atoms with E-state index in [1.165, 1.54) is 16.2 Å². The lowest BCUT2D eigenvalue weighted by atomic mass is 9.96. The maximum atomic E-state index is 14.0. The molecule has 1 aliphatic carbocycles. The van der Waals surface area contributed by atoms with E-state index in [1.807, 2.05) is 13.0 Å². The number of ether oxygens (including phenoxy) is 3. The highest BCUT2D eigenvalue weighted by atomic mass is 32.2. The van der Waals surface area contributed by atoms with Crippen LogP contribution in [0.1, 0.15) is 46.1 Å². The standard InChI is InChI=1S/C34H43N5O8S/c1-24-11-12-29(36-23-24)38-31(41)25-8-7-15-34(5,22-25)48(43,44)39-17-13-26-27(9-6-10-28(26)39)37-30(40)14-18-45-20-21-46-19-16-35-32(42)47-33(2,3)4/h6-13,17,22-23H,14-16,18-21H2,1-5H3,(H,35,42)(H,37,40)(H,36,38,41). The van der Waals surface area contributed by atoms with E-state index in [0.717, 1.165) is 5.56 Å². The fraction of sp³-hybridized carbons (Fsp3) is 0.412. The number of amides is 3. The number of carbonyl (C=O) groups excluding carboxylic acids is 3. The number of nitrogens with zero attached hydrogens (tertiary/aromatic N) is 2. The molecular weight excluding hydrogens is 638 g/mol. The number of anilines is 2. The first-order chi connectivity index (χ1) is 22.7. The summed E-state index contributed by atoms with van der Waals surface area (Å²) in [6.45, 7) is 10.1. The van der Waals surface area contributed by atoms with Gasteiger partial charge in [-0.1, -0.05) is 24.3 Å².